The van der Waals surface area contributed by atoms with Crippen LogP contribution in [0.4, 0.5) is 4.79 Å². The third-order valence-electron chi connectivity index (χ3n) is 5.08. The number of rotatable bonds is 4. The first-order valence-electron chi connectivity index (χ1n) is 9.48. The van der Waals surface area contributed by atoms with Gasteiger partial charge in [0.2, 0.25) is 0 Å². The van der Waals surface area contributed by atoms with E-state index in [-0.39, 0.29) is 25.2 Å². The fourth-order valence-corrected chi connectivity index (χ4v) is 4.14. The lowest BCUT2D eigenvalue weighted by Crippen LogP contribution is -2.55. The van der Waals surface area contributed by atoms with Crippen LogP contribution in [0.15, 0.2) is 40.9 Å². The van der Waals surface area contributed by atoms with Gasteiger partial charge in [-0.3, -0.25) is 9.69 Å². The van der Waals surface area contributed by atoms with Crippen molar-refractivity contribution in [2.45, 2.75) is 51.2 Å². The summed E-state index contributed by atoms with van der Waals surface area (Å²) in [5, 5.41) is 11.5. The number of amides is 1. The fraction of sp³-hybridized carbons (Fsp3) is 0.409. The quantitative estimate of drug-likeness (QED) is 0.509. The highest BCUT2D eigenvalue weighted by atomic mass is 79.9. The number of benzene rings is 2. The molecule has 2 aromatic rings. The number of likely N-dealkylation sites (tertiary alicyclic amines) is 1. The van der Waals surface area contributed by atoms with Crippen LogP contribution in [0.25, 0.3) is 10.8 Å². The maximum atomic E-state index is 13.1. The molecule has 1 amide bonds. The average molecular weight is 462 g/mol. The van der Waals surface area contributed by atoms with Crippen LogP contribution in [0.5, 0.6) is 0 Å². The molecule has 1 N–H and O–H groups in total. The Bertz CT molecular complexity index is 981. The molecule has 7 heteroatoms. The molecule has 0 spiro atoms. The van der Waals surface area contributed by atoms with E-state index < -0.39 is 23.2 Å². The van der Waals surface area contributed by atoms with E-state index in [1.807, 2.05) is 24.3 Å². The summed E-state index contributed by atoms with van der Waals surface area (Å²) in [6.45, 7) is 5.37. The first kappa shape index (κ1) is 21.3. The van der Waals surface area contributed by atoms with Crippen molar-refractivity contribution in [3.63, 3.8) is 0 Å². The summed E-state index contributed by atoms with van der Waals surface area (Å²) < 4.78 is 6.46. The van der Waals surface area contributed by atoms with Crippen LogP contribution < -0.4 is 0 Å². The number of fused-ring (bicyclic) bond motifs is 1. The number of halogens is 1. The number of ketones is 1. The summed E-state index contributed by atoms with van der Waals surface area (Å²) in [5.74, 6) is -0.947. The summed E-state index contributed by atoms with van der Waals surface area (Å²) in [7, 11) is 0. The zero-order valence-corrected chi connectivity index (χ0v) is 18.3. The van der Waals surface area contributed by atoms with Crippen molar-refractivity contribution in [2.75, 3.05) is 6.54 Å². The van der Waals surface area contributed by atoms with Crippen LogP contribution >= 0.6 is 15.9 Å². The van der Waals surface area contributed by atoms with Gasteiger partial charge in [0.1, 0.15) is 5.60 Å². The maximum Gasteiger partial charge on any atom is 0.408 e. The SMILES string of the molecule is CC(C)(C)OC(=O)C1(CC(=O)c2ccc3cc(Br)ccc3c2)CCCN1C(=O)O. The van der Waals surface area contributed by atoms with Crippen LogP contribution in [0, 0.1) is 0 Å². The minimum Gasteiger partial charge on any atom is -0.465 e. The molecular formula is C22H24BrNO5. The van der Waals surface area contributed by atoms with Gasteiger partial charge >= 0.3 is 12.1 Å². The lowest BCUT2D eigenvalue weighted by atomic mass is 9.87. The van der Waals surface area contributed by atoms with E-state index in [0.717, 1.165) is 20.1 Å². The molecule has 1 fully saturated rings. The Morgan fingerprint density at radius 3 is 2.45 bits per heavy atom. The van der Waals surface area contributed by atoms with Crippen molar-refractivity contribution in [2.24, 2.45) is 0 Å². The Hall–Kier alpha value is -2.41. The van der Waals surface area contributed by atoms with E-state index in [0.29, 0.717) is 12.0 Å². The second-order valence-electron chi connectivity index (χ2n) is 8.38. The van der Waals surface area contributed by atoms with Crippen LogP contribution in [-0.2, 0) is 9.53 Å². The largest absolute Gasteiger partial charge is 0.465 e. The van der Waals surface area contributed by atoms with Gasteiger partial charge in [0.25, 0.3) is 0 Å². The van der Waals surface area contributed by atoms with Gasteiger partial charge in [-0.25, -0.2) is 9.59 Å². The lowest BCUT2D eigenvalue weighted by molar-refractivity contribution is -0.167. The lowest BCUT2D eigenvalue weighted by Gasteiger charge is -2.36. The minimum atomic E-state index is -1.50. The first-order valence-corrected chi connectivity index (χ1v) is 10.3. The van der Waals surface area contributed by atoms with E-state index >= 15 is 0 Å². The Balaban J connectivity index is 1.95. The molecule has 1 aliphatic heterocycles. The molecule has 0 radical (unpaired) electrons. The molecule has 0 aliphatic carbocycles. The topological polar surface area (TPSA) is 83.9 Å². The Morgan fingerprint density at radius 1 is 1.14 bits per heavy atom. The molecule has 29 heavy (non-hydrogen) atoms. The number of Topliss-reactive ketones (excluding diaryl/α,β-unsaturated/α-hetero) is 1. The third kappa shape index (κ3) is 4.45. The second kappa shape index (κ2) is 7.78. The molecule has 2 aromatic carbocycles. The molecule has 154 valence electrons. The smallest absolute Gasteiger partial charge is 0.408 e. The Kier molecular flexibility index (Phi) is 5.72. The van der Waals surface area contributed by atoms with Crippen LogP contribution in [-0.4, -0.2) is 45.5 Å². The van der Waals surface area contributed by atoms with E-state index in [1.54, 1.807) is 32.9 Å². The highest BCUT2D eigenvalue weighted by Crippen LogP contribution is 2.36. The number of hydrogen-bond acceptors (Lipinski definition) is 4. The van der Waals surface area contributed by atoms with Crippen molar-refractivity contribution in [1.82, 2.24) is 4.90 Å². The highest BCUT2D eigenvalue weighted by molar-refractivity contribution is 9.10. The monoisotopic (exact) mass is 461 g/mol. The number of ether oxygens (including phenoxy) is 1. The molecule has 1 unspecified atom stereocenters. The zero-order chi connectivity index (χ0) is 21.4. The Morgan fingerprint density at radius 2 is 1.79 bits per heavy atom. The second-order valence-corrected chi connectivity index (χ2v) is 9.29. The van der Waals surface area contributed by atoms with E-state index in [1.165, 1.54) is 0 Å². The molecule has 3 rings (SSSR count). The van der Waals surface area contributed by atoms with E-state index in [2.05, 4.69) is 15.9 Å². The van der Waals surface area contributed by atoms with Gasteiger partial charge in [0.05, 0.1) is 0 Å². The van der Waals surface area contributed by atoms with E-state index in [4.69, 9.17) is 4.74 Å². The van der Waals surface area contributed by atoms with Gasteiger partial charge < -0.3 is 9.84 Å². The average Bonchev–Trinajstić information content (AvgIpc) is 3.05. The fourth-order valence-electron chi connectivity index (χ4n) is 3.76. The van der Waals surface area contributed by atoms with Gasteiger partial charge in [-0.2, -0.15) is 0 Å². The third-order valence-corrected chi connectivity index (χ3v) is 5.57. The molecule has 0 bridgehead atoms. The number of esters is 1. The number of carbonyl (C=O) groups excluding carboxylic acids is 2. The van der Waals surface area contributed by atoms with Crippen molar-refractivity contribution in [1.29, 1.82) is 0 Å². The molecule has 1 aliphatic rings. The molecule has 0 saturated carbocycles. The standard InChI is InChI=1S/C22H24BrNO5/c1-21(2,3)29-19(26)22(9-4-10-24(22)20(27)28)13-18(25)16-6-5-15-12-17(23)8-7-14(15)11-16/h5-8,11-12H,4,9-10,13H2,1-3H3,(H,27,28). The van der Waals surface area contributed by atoms with Gasteiger partial charge in [-0.15, -0.1) is 0 Å². The molecule has 0 aromatic heterocycles. The number of nitrogens with zero attached hydrogens (tertiary/aromatic N) is 1. The summed E-state index contributed by atoms with van der Waals surface area (Å²) in [5.41, 5.74) is -1.83. The zero-order valence-electron chi connectivity index (χ0n) is 16.7. The van der Waals surface area contributed by atoms with Crippen molar-refractivity contribution < 1.29 is 24.2 Å². The van der Waals surface area contributed by atoms with Gasteiger partial charge in [0.15, 0.2) is 11.3 Å². The Labute approximate surface area is 178 Å². The molecule has 6 nitrogen and oxygen atoms in total. The summed E-state index contributed by atoms with van der Waals surface area (Å²) in [4.78, 5) is 39.0. The van der Waals surface area contributed by atoms with Crippen molar-refractivity contribution >= 4 is 44.5 Å². The molecular weight excluding hydrogens is 438 g/mol. The highest BCUT2D eigenvalue weighted by Gasteiger charge is 2.53. The molecule has 1 saturated heterocycles. The predicted octanol–water partition coefficient (Wildman–Crippen LogP) is 5.03. The number of hydrogen-bond donors (Lipinski definition) is 1. The summed E-state index contributed by atoms with van der Waals surface area (Å²) in [6.07, 6.45) is -0.689. The number of carboxylic acid groups (broad SMARTS) is 1. The van der Waals surface area contributed by atoms with Crippen molar-refractivity contribution in [3.05, 3.63) is 46.4 Å². The van der Waals surface area contributed by atoms with Crippen LogP contribution in [0.3, 0.4) is 0 Å². The summed E-state index contributed by atoms with van der Waals surface area (Å²) >= 11 is 3.43. The van der Waals surface area contributed by atoms with Gasteiger partial charge in [-0.05, 0) is 62.6 Å². The molecule has 1 heterocycles. The van der Waals surface area contributed by atoms with Crippen LogP contribution in [0.1, 0.15) is 50.4 Å². The van der Waals surface area contributed by atoms with Crippen molar-refractivity contribution in [3.8, 4) is 0 Å². The van der Waals surface area contributed by atoms with Gasteiger partial charge in [0, 0.05) is 23.0 Å². The normalized spacial score (nSPS) is 19.4. The van der Waals surface area contributed by atoms with Crippen LogP contribution in [0.2, 0.25) is 0 Å². The van der Waals surface area contributed by atoms with E-state index in [9.17, 15) is 19.5 Å². The minimum absolute atomic E-state index is 0.202. The maximum absolute atomic E-state index is 13.1. The van der Waals surface area contributed by atoms with Gasteiger partial charge in [-0.1, -0.05) is 34.1 Å². The predicted molar refractivity (Wildman–Crippen MR) is 113 cm³/mol. The number of carbonyl (C=O) groups is 3. The first-order chi connectivity index (χ1) is 13.5. The molecule has 1 atom stereocenters. The summed E-state index contributed by atoms with van der Waals surface area (Å²) in [6, 6.07) is 11.1.